The van der Waals surface area contributed by atoms with Gasteiger partial charge in [0, 0.05) is 18.4 Å². The molecule has 1 fully saturated rings. The predicted molar refractivity (Wildman–Crippen MR) is 97.3 cm³/mol. The van der Waals surface area contributed by atoms with Crippen molar-refractivity contribution in [3.05, 3.63) is 65.1 Å². The van der Waals surface area contributed by atoms with Gasteiger partial charge in [-0.05, 0) is 35.9 Å². The number of anilines is 2. The maximum Gasteiger partial charge on any atom is 0.263 e. The zero-order valence-electron chi connectivity index (χ0n) is 11.9. The Bertz CT molecular complexity index is 739. The van der Waals surface area contributed by atoms with E-state index in [1.54, 1.807) is 0 Å². The van der Waals surface area contributed by atoms with E-state index in [1.165, 1.54) is 11.8 Å². The summed E-state index contributed by atoms with van der Waals surface area (Å²) in [6.45, 7) is 0. The van der Waals surface area contributed by atoms with Gasteiger partial charge in [-0.2, -0.15) is 0 Å². The van der Waals surface area contributed by atoms with E-state index in [4.69, 9.17) is 12.2 Å². The second kappa shape index (κ2) is 6.34. The number of rotatable bonds is 3. The lowest BCUT2D eigenvalue weighted by Crippen LogP contribution is -2.17. The molecular weight excluding hydrogens is 312 g/mol. The average molecular weight is 326 g/mol. The van der Waals surface area contributed by atoms with Crippen LogP contribution in [0.15, 0.2) is 59.5 Å². The van der Waals surface area contributed by atoms with Crippen molar-refractivity contribution in [2.75, 3.05) is 11.9 Å². The van der Waals surface area contributed by atoms with Crippen LogP contribution < -0.4 is 10.2 Å². The summed E-state index contributed by atoms with van der Waals surface area (Å²) in [7, 11) is 2.03. The zero-order chi connectivity index (χ0) is 15.5. The van der Waals surface area contributed by atoms with Crippen molar-refractivity contribution in [1.82, 2.24) is 5.32 Å². The second-order valence-corrected chi connectivity index (χ2v) is 6.56. The van der Waals surface area contributed by atoms with E-state index in [0.717, 1.165) is 16.9 Å². The summed E-state index contributed by atoms with van der Waals surface area (Å²) in [6, 6.07) is 18.2. The monoisotopic (exact) mass is 326 g/mol. The van der Waals surface area contributed by atoms with Crippen LogP contribution in [0.3, 0.4) is 0 Å². The lowest BCUT2D eigenvalue weighted by Gasteiger charge is -2.19. The Morgan fingerprint density at radius 3 is 2.27 bits per heavy atom. The van der Waals surface area contributed by atoms with Gasteiger partial charge in [0.15, 0.2) is 0 Å². The molecule has 0 unspecified atom stereocenters. The fourth-order valence-electron chi connectivity index (χ4n) is 2.17. The van der Waals surface area contributed by atoms with Crippen molar-refractivity contribution >= 4 is 51.7 Å². The van der Waals surface area contributed by atoms with Crippen LogP contribution in [-0.2, 0) is 4.79 Å². The number of thiocarbonyl (C=S) groups is 1. The molecule has 0 aliphatic carbocycles. The molecule has 1 aliphatic rings. The molecule has 1 saturated heterocycles. The summed E-state index contributed by atoms with van der Waals surface area (Å²) in [6.07, 6.45) is 1.85. The van der Waals surface area contributed by atoms with E-state index in [-0.39, 0.29) is 5.91 Å². The molecule has 3 nitrogen and oxygen atoms in total. The quantitative estimate of drug-likeness (QED) is 0.684. The van der Waals surface area contributed by atoms with Crippen molar-refractivity contribution in [1.29, 1.82) is 0 Å². The smallest absolute Gasteiger partial charge is 0.263 e. The SMILES string of the molecule is CN(c1ccccc1)c1ccc(/C=C2\SC(=S)NC2=O)cc1. The number of nitrogens with zero attached hydrogens (tertiary/aromatic N) is 1. The summed E-state index contributed by atoms with van der Waals surface area (Å²) in [4.78, 5) is 14.4. The number of para-hydroxylation sites is 1. The van der Waals surface area contributed by atoms with Crippen molar-refractivity contribution in [2.45, 2.75) is 0 Å². The van der Waals surface area contributed by atoms with Crippen molar-refractivity contribution in [2.24, 2.45) is 0 Å². The van der Waals surface area contributed by atoms with Gasteiger partial charge >= 0.3 is 0 Å². The molecular formula is C17H14N2OS2. The summed E-state index contributed by atoms with van der Waals surface area (Å²) in [5, 5.41) is 2.62. The maximum absolute atomic E-state index is 11.7. The molecule has 0 atom stereocenters. The Hall–Kier alpha value is -2.11. The van der Waals surface area contributed by atoms with Crippen LogP contribution in [0.1, 0.15) is 5.56 Å². The molecule has 1 aliphatic heterocycles. The highest BCUT2D eigenvalue weighted by Gasteiger charge is 2.21. The number of carbonyl (C=O) groups is 1. The van der Waals surface area contributed by atoms with Crippen LogP contribution >= 0.6 is 24.0 Å². The molecule has 0 saturated carbocycles. The largest absolute Gasteiger partial charge is 0.345 e. The molecule has 3 rings (SSSR count). The molecule has 1 amide bonds. The van der Waals surface area contributed by atoms with Crippen LogP contribution in [0, 0.1) is 0 Å². The van der Waals surface area contributed by atoms with Crippen LogP contribution in [-0.4, -0.2) is 17.3 Å². The lowest BCUT2D eigenvalue weighted by atomic mass is 10.1. The number of amides is 1. The molecule has 110 valence electrons. The number of nitrogens with one attached hydrogen (secondary N) is 1. The number of thioether (sulfide) groups is 1. The number of carbonyl (C=O) groups excluding carboxylic acids is 1. The summed E-state index contributed by atoms with van der Waals surface area (Å²) in [5.74, 6) is -0.125. The van der Waals surface area contributed by atoms with E-state index >= 15 is 0 Å². The highest BCUT2D eigenvalue weighted by atomic mass is 32.2. The molecule has 2 aromatic rings. The Labute approximate surface area is 139 Å². The highest BCUT2D eigenvalue weighted by molar-refractivity contribution is 8.26. The average Bonchev–Trinajstić information content (AvgIpc) is 2.86. The Kier molecular flexibility index (Phi) is 4.27. The fourth-order valence-corrected chi connectivity index (χ4v) is 3.21. The fraction of sp³-hybridized carbons (Fsp3) is 0.0588. The molecule has 0 aromatic heterocycles. The highest BCUT2D eigenvalue weighted by Crippen LogP contribution is 2.27. The molecule has 0 spiro atoms. The van der Waals surface area contributed by atoms with Gasteiger partial charge in [-0.1, -0.05) is 54.3 Å². The molecule has 1 heterocycles. The first-order valence-electron chi connectivity index (χ1n) is 6.77. The van der Waals surface area contributed by atoms with Crippen molar-refractivity contribution < 1.29 is 4.79 Å². The van der Waals surface area contributed by atoms with Crippen LogP contribution in [0.5, 0.6) is 0 Å². The second-order valence-electron chi connectivity index (χ2n) is 4.84. The lowest BCUT2D eigenvalue weighted by molar-refractivity contribution is -0.115. The van der Waals surface area contributed by atoms with E-state index in [2.05, 4.69) is 22.3 Å². The number of hydrogen-bond acceptors (Lipinski definition) is 4. The third-order valence-corrected chi connectivity index (χ3v) is 4.53. The first kappa shape index (κ1) is 14.8. The van der Waals surface area contributed by atoms with Gasteiger partial charge in [0.05, 0.1) is 4.91 Å². The van der Waals surface area contributed by atoms with E-state index in [1.807, 2.05) is 55.6 Å². The molecule has 2 aromatic carbocycles. The maximum atomic E-state index is 11.7. The first-order chi connectivity index (χ1) is 10.6. The van der Waals surface area contributed by atoms with E-state index in [0.29, 0.717) is 9.23 Å². The third-order valence-electron chi connectivity index (χ3n) is 3.36. The van der Waals surface area contributed by atoms with Gasteiger partial charge in [-0.25, -0.2) is 0 Å². The van der Waals surface area contributed by atoms with Gasteiger partial charge in [0.2, 0.25) is 0 Å². The molecule has 1 N–H and O–H groups in total. The minimum Gasteiger partial charge on any atom is -0.345 e. The van der Waals surface area contributed by atoms with Gasteiger partial charge in [-0.15, -0.1) is 0 Å². The normalized spacial score (nSPS) is 16.0. The molecule has 22 heavy (non-hydrogen) atoms. The molecule has 0 bridgehead atoms. The number of benzene rings is 2. The Morgan fingerprint density at radius 1 is 1.05 bits per heavy atom. The van der Waals surface area contributed by atoms with Crippen LogP contribution in [0.2, 0.25) is 0 Å². The predicted octanol–water partition coefficient (Wildman–Crippen LogP) is 3.94. The number of hydrogen-bond donors (Lipinski definition) is 1. The standard InChI is InChI=1S/C17H14N2OS2/c1-19(13-5-3-2-4-6-13)14-9-7-12(8-10-14)11-15-16(20)18-17(21)22-15/h2-11H,1H3,(H,18,20,21)/b15-11-. The molecule has 0 radical (unpaired) electrons. The van der Waals surface area contributed by atoms with Crippen LogP contribution in [0.25, 0.3) is 6.08 Å². The Morgan fingerprint density at radius 2 is 1.68 bits per heavy atom. The van der Waals surface area contributed by atoms with E-state index in [9.17, 15) is 4.79 Å². The molecule has 5 heteroatoms. The van der Waals surface area contributed by atoms with Gasteiger partial charge < -0.3 is 10.2 Å². The van der Waals surface area contributed by atoms with Crippen molar-refractivity contribution in [3.8, 4) is 0 Å². The van der Waals surface area contributed by atoms with E-state index < -0.39 is 0 Å². The summed E-state index contributed by atoms with van der Waals surface area (Å²) in [5.41, 5.74) is 3.20. The van der Waals surface area contributed by atoms with Crippen LogP contribution in [0.4, 0.5) is 11.4 Å². The minimum absolute atomic E-state index is 0.125. The first-order valence-corrected chi connectivity index (χ1v) is 8.00. The van der Waals surface area contributed by atoms with Gasteiger partial charge in [0.1, 0.15) is 4.32 Å². The van der Waals surface area contributed by atoms with Gasteiger partial charge in [0.25, 0.3) is 5.91 Å². The van der Waals surface area contributed by atoms with Gasteiger partial charge in [-0.3, -0.25) is 4.79 Å². The summed E-state index contributed by atoms with van der Waals surface area (Å²) >= 11 is 6.28. The zero-order valence-corrected chi connectivity index (χ0v) is 13.6. The van der Waals surface area contributed by atoms with Crippen molar-refractivity contribution in [3.63, 3.8) is 0 Å². The minimum atomic E-state index is -0.125. The third kappa shape index (κ3) is 3.21. The topological polar surface area (TPSA) is 32.3 Å². The Balaban J connectivity index is 1.80. The summed E-state index contributed by atoms with van der Waals surface area (Å²) < 4.78 is 0.511.